The molecule has 0 unspecified atom stereocenters. The van der Waals surface area contributed by atoms with E-state index >= 15 is 0 Å². The molecule has 0 aliphatic carbocycles. The Bertz CT molecular complexity index is 184. The first-order valence-electron chi connectivity index (χ1n) is 3.79. The van der Waals surface area contributed by atoms with Crippen molar-refractivity contribution in [1.29, 1.82) is 0 Å². The Morgan fingerprint density at radius 1 is 1.73 bits per heavy atom. The van der Waals surface area contributed by atoms with E-state index in [1.165, 1.54) is 6.92 Å². The molecule has 1 aliphatic rings. The third kappa shape index (κ3) is 2.03. The molecule has 1 aliphatic heterocycles. The summed E-state index contributed by atoms with van der Waals surface area (Å²) in [6, 6.07) is 0. The van der Waals surface area contributed by atoms with Gasteiger partial charge in [0.2, 0.25) is 0 Å². The van der Waals surface area contributed by atoms with Crippen molar-refractivity contribution in [2.45, 2.75) is 32.8 Å². The van der Waals surface area contributed by atoms with Crippen LogP contribution in [0.1, 0.15) is 26.7 Å². The second-order valence-electron chi connectivity index (χ2n) is 3.10. The molecule has 3 nitrogen and oxygen atoms in total. The van der Waals surface area contributed by atoms with Gasteiger partial charge >= 0.3 is 5.97 Å². The molecule has 0 aromatic heterocycles. The second kappa shape index (κ2) is 3.03. The van der Waals surface area contributed by atoms with E-state index in [-0.39, 0.29) is 23.8 Å². The summed E-state index contributed by atoms with van der Waals surface area (Å²) in [7, 11) is 0. The Morgan fingerprint density at radius 2 is 2.36 bits per heavy atom. The summed E-state index contributed by atoms with van der Waals surface area (Å²) >= 11 is 0. The molecule has 1 heterocycles. The summed E-state index contributed by atoms with van der Waals surface area (Å²) < 4.78 is 4.92. The molecular formula is C8H12O3. The molecule has 0 spiro atoms. The molecule has 1 fully saturated rings. The number of carbonyl (C=O) groups excluding carboxylic acids is 2. The third-order valence-electron chi connectivity index (χ3n) is 1.82. The number of rotatable bonds is 2. The zero-order valence-corrected chi connectivity index (χ0v) is 6.79. The predicted molar refractivity (Wildman–Crippen MR) is 39.0 cm³/mol. The van der Waals surface area contributed by atoms with Crippen LogP contribution in [-0.2, 0) is 14.3 Å². The molecule has 0 radical (unpaired) electrons. The number of Topliss-reactive ketones (excluding diaryl/α,β-unsaturated/α-hetero) is 1. The average molecular weight is 156 g/mol. The quantitative estimate of drug-likeness (QED) is 0.558. The zero-order valence-electron chi connectivity index (χ0n) is 6.79. The lowest BCUT2D eigenvalue weighted by molar-refractivity contribution is -0.144. The third-order valence-corrected chi connectivity index (χ3v) is 1.82. The van der Waals surface area contributed by atoms with Crippen molar-refractivity contribution < 1.29 is 14.3 Å². The molecule has 11 heavy (non-hydrogen) atoms. The van der Waals surface area contributed by atoms with Gasteiger partial charge in [-0.1, -0.05) is 6.92 Å². The second-order valence-corrected chi connectivity index (χ2v) is 3.10. The number of esters is 1. The van der Waals surface area contributed by atoms with E-state index in [4.69, 9.17) is 4.74 Å². The van der Waals surface area contributed by atoms with Crippen LogP contribution < -0.4 is 0 Å². The Kier molecular flexibility index (Phi) is 2.27. The van der Waals surface area contributed by atoms with Crippen molar-refractivity contribution >= 4 is 11.8 Å². The summed E-state index contributed by atoms with van der Waals surface area (Å²) in [5.41, 5.74) is 0. The largest absolute Gasteiger partial charge is 0.462 e. The highest BCUT2D eigenvalue weighted by Crippen LogP contribution is 2.22. The van der Waals surface area contributed by atoms with Gasteiger partial charge in [-0.05, 0) is 13.3 Å². The van der Waals surface area contributed by atoms with E-state index < -0.39 is 0 Å². The first-order chi connectivity index (χ1) is 5.09. The molecule has 0 bridgehead atoms. The summed E-state index contributed by atoms with van der Waals surface area (Å²) in [6.45, 7) is 3.33. The number of ether oxygens (including phenoxy) is 1. The van der Waals surface area contributed by atoms with Gasteiger partial charge in [0.05, 0.1) is 5.92 Å². The molecule has 3 heteroatoms. The minimum atomic E-state index is -0.170. The topological polar surface area (TPSA) is 43.4 Å². The molecular weight excluding hydrogens is 144 g/mol. The van der Waals surface area contributed by atoms with Crippen LogP contribution in [0.5, 0.6) is 0 Å². The maximum Gasteiger partial charge on any atom is 0.309 e. The molecule has 62 valence electrons. The summed E-state index contributed by atoms with van der Waals surface area (Å²) in [4.78, 5) is 21.5. The van der Waals surface area contributed by atoms with Gasteiger partial charge in [-0.15, -0.1) is 0 Å². The Morgan fingerprint density at radius 3 is 2.73 bits per heavy atom. The van der Waals surface area contributed by atoms with Gasteiger partial charge in [-0.25, -0.2) is 0 Å². The highest BCUT2D eigenvalue weighted by Gasteiger charge is 2.31. The van der Waals surface area contributed by atoms with Crippen molar-refractivity contribution in [2.24, 2.45) is 5.92 Å². The molecule has 0 saturated carbocycles. The number of hydrogen-bond acceptors (Lipinski definition) is 3. The Labute approximate surface area is 65.7 Å². The molecule has 0 aromatic rings. The van der Waals surface area contributed by atoms with Crippen molar-refractivity contribution in [1.82, 2.24) is 0 Å². The van der Waals surface area contributed by atoms with E-state index in [2.05, 4.69) is 0 Å². The van der Waals surface area contributed by atoms with Crippen molar-refractivity contribution in [3.05, 3.63) is 0 Å². The molecule has 1 rings (SSSR count). The lowest BCUT2D eigenvalue weighted by Crippen LogP contribution is -2.10. The zero-order chi connectivity index (χ0) is 8.43. The molecule has 0 N–H and O–H groups in total. The number of carbonyl (C=O) groups is 2. The normalized spacial score (nSPS) is 30.2. The maximum atomic E-state index is 10.8. The van der Waals surface area contributed by atoms with E-state index in [1.54, 1.807) is 0 Å². The van der Waals surface area contributed by atoms with E-state index in [0.717, 1.165) is 0 Å². The van der Waals surface area contributed by atoms with Gasteiger partial charge in [-0.2, -0.15) is 0 Å². The van der Waals surface area contributed by atoms with Gasteiger partial charge in [0, 0.05) is 6.42 Å². The Balaban J connectivity index is 2.41. The maximum absolute atomic E-state index is 10.8. The van der Waals surface area contributed by atoms with Crippen LogP contribution >= 0.6 is 0 Å². The molecule has 0 amide bonds. The van der Waals surface area contributed by atoms with Gasteiger partial charge in [0.15, 0.2) is 0 Å². The van der Waals surface area contributed by atoms with Crippen LogP contribution in [0.4, 0.5) is 0 Å². The van der Waals surface area contributed by atoms with Crippen LogP contribution in [0, 0.1) is 5.92 Å². The Hall–Kier alpha value is -0.860. The first kappa shape index (κ1) is 8.24. The van der Waals surface area contributed by atoms with Crippen LogP contribution in [0.25, 0.3) is 0 Å². The van der Waals surface area contributed by atoms with Crippen molar-refractivity contribution in [3.8, 4) is 0 Å². The van der Waals surface area contributed by atoms with Crippen LogP contribution in [0.2, 0.25) is 0 Å². The molecule has 2 atom stereocenters. The van der Waals surface area contributed by atoms with Crippen LogP contribution in [0.15, 0.2) is 0 Å². The van der Waals surface area contributed by atoms with Gasteiger partial charge < -0.3 is 4.74 Å². The average Bonchev–Trinajstić information content (AvgIpc) is 2.10. The monoisotopic (exact) mass is 156 g/mol. The van der Waals surface area contributed by atoms with Crippen LogP contribution in [0.3, 0.4) is 0 Å². The van der Waals surface area contributed by atoms with Gasteiger partial charge in [-0.3, -0.25) is 9.59 Å². The number of ketones is 1. The van der Waals surface area contributed by atoms with Crippen molar-refractivity contribution in [3.63, 3.8) is 0 Å². The lowest BCUT2D eigenvalue weighted by atomic mass is 10.0. The summed E-state index contributed by atoms with van der Waals surface area (Å²) in [5.74, 6) is -0.118. The highest BCUT2D eigenvalue weighted by molar-refractivity contribution is 5.78. The fourth-order valence-electron chi connectivity index (χ4n) is 1.26. The minimum absolute atomic E-state index is 0.0284. The van der Waals surface area contributed by atoms with Crippen LogP contribution in [-0.4, -0.2) is 17.9 Å². The highest BCUT2D eigenvalue weighted by atomic mass is 16.5. The first-order valence-corrected chi connectivity index (χ1v) is 3.79. The lowest BCUT2D eigenvalue weighted by Gasteiger charge is -2.04. The summed E-state index contributed by atoms with van der Waals surface area (Å²) in [6.07, 6.45) is 0.907. The van der Waals surface area contributed by atoms with Gasteiger partial charge in [0.25, 0.3) is 0 Å². The van der Waals surface area contributed by atoms with Crippen molar-refractivity contribution in [2.75, 3.05) is 0 Å². The fraction of sp³-hybridized carbons (Fsp3) is 0.750. The summed E-state index contributed by atoms with van der Waals surface area (Å²) in [5, 5.41) is 0. The minimum Gasteiger partial charge on any atom is -0.462 e. The van der Waals surface area contributed by atoms with E-state index in [0.29, 0.717) is 12.8 Å². The standard InChI is InChI=1S/C8H12O3/c1-5-3-7(4-6(2)9)11-8(5)10/h5,7H,3-4H2,1-2H3/t5-,7+/m1/s1. The predicted octanol–water partition coefficient (Wildman–Crippen LogP) is 0.917. The molecule has 0 aromatic carbocycles. The molecule has 1 saturated heterocycles. The smallest absolute Gasteiger partial charge is 0.309 e. The number of hydrogen-bond donors (Lipinski definition) is 0. The van der Waals surface area contributed by atoms with E-state index in [1.807, 2.05) is 6.92 Å². The van der Waals surface area contributed by atoms with E-state index in [9.17, 15) is 9.59 Å². The number of cyclic esters (lactones) is 1. The SMILES string of the molecule is CC(=O)C[C@@H]1C[C@@H](C)C(=O)O1. The van der Waals surface area contributed by atoms with Gasteiger partial charge in [0.1, 0.15) is 11.9 Å². The fourth-order valence-corrected chi connectivity index (χ4v) is 1.26.